The van der Waals surface area contributed by atoms with Gasteiger partial charge in [0.15, 0.2) is 11.3 Å². The van der Waals surface area contributed by atoms with Crippen molar-refractivity contribution in [3.63, 3.8) is 0 Å². The Balaban J connectivity index is 1.40. The summed E-state index contributed by atoms with van der Waals surface area (Å²) in [7, 11) is -3.20. The van der Waals surface area contributed by atoms with Crippen LogP contribution in [-0.4, -0.2) is 43.9 Å². The van der Waals surface area contributed by atoms with E-state index in [0.717, 1.165) is 48.4 Å². The van der Waals surface area contributed by atoms with Gasteiger partial charge in [-0.25, -0.2) is 18.1 Å². The van der Waals surface area contributed by atoms with Gasteiger partial charge in [-0.2, -0.15) is 0 Å². The number of nitrogens with zero attached hydrogens (tertiary/aromatic N) is 5. The molecular weight excluding hydrogens is 424 g/mol. The first kappa shape index (κ1) is 19.9. The van der Waals surface area contributed by atoms with E-state index in [4.69, 9.17) is 0 Å². The van der Waals surface area contributed by atoms with Crippen molar-refractivity contribution < 1.29 is 8.42 Å². The molecule has 3 atom stereocenters. The van der Waals surface area contributed by atoms with Crippen LogP contribution in [0.25, 0.3) is 22.5 Å². The number of benzene rings is 1. The summed E-state index contributed by atoms with van der Waals surface area (Å²) in [5, 5.41) is 8.73. The van der Waals surface area contributed by atoms with Crippen LogP contribution in [0, 0.1) is 12.8 Å². The first-order valence-electron chi connectivity index (χ1n) is 11.2. The first-order chi connectivity index (χ1) is 15.4. The molecule has 2 aliphatic rings. The molecular formula is C23H26N6O2S. The molecule has 2 aliphatic carbocycles. The molecule has 3 heterocycles. The van der Waals surface area contributed by atoms with Gasteiger partial charge in [0.1, 0.15) is 5.82 Å². The van der Waals surface area contributed by atoms with Crippen molar-refractivity contribution in [3.05, 3.63) is 54.1 Å². The summed E-state index contributed by atoms with van der Waals surface area (Å²) in [5.41, 5.74) is 4.78. The number of para-hydroxylation sites is 1. The number of fused-ring (bicyclic) bond motifs is 3. The van der Waals surface area contributed by atoms with Gasteiger partial charge in [-0.1, -0.05) is 25.1 Å². The number of hydrogen-bond acceptors (Lipinski definition) is 5. The van der Waals surface area contributed by atoms with Gasteiger partial charge in [0.25, 0.3) is 0 Å². The number of hydrogen-bond donors (Lipinski definition) is 1. The van der Waals surface area contributed by atoms with Gasteiger partial charge in [0, 0.05) is 23.8 Å². The Hall–Kier alpha value is -2.78. The van der Waals surface area contributed by atoms with E-state index in [0.29, 0.717) is 11.6 Å². The van der Waals surface area contributed by atoms with Crippen molar-refractivity contribution in [2.24, 2.45) is 5.92 Å². The van der Waals surface area contributed by atoms with Crippen LogP contribution in [0.2, 0.25) is 0 Å². The lowest BCUT2D eigenvalue weighted by atomic mass is 9.97. The van der Waals surface area contributed by atoms with Crippen LogP contribution in [0.5, 0.6) is 0 Å². The average molecular weight is 451 g/mol. The molecule has 3 unspecified atom stereocenters. The Morgan fingerprint density at radius 2 is 1.91 bits per heavy atom. The summed E-state index contributed by atoms with van der Waals surface area (Å²) in [5.74, 6) is 1.32. The zero-order valence-electron chi connectivity index (χ0n) is 18.1. The summed E-state index contributed by atoms with van der Waals surface area (Å²) >= 11 is 0. The van der Waals surface area contributed by atoms with Gasteiger partial charge < -0.3 is 0 Å². The molecule has 6 rings (SSSR count). The highest BCUT2D eigenvalue weighted by Gasteiger charge is 2.41. The van der Waals surface area contributed by atoms with Crippen molar-refractivity contribution in [1.82, 2.24) is 28.9 Å². The van der Waals surface area contributed by atoms with Gasteiger partial charge >= 0.3 is 0 Å². The van der Waals surface area contributed by atoms with Gasteiger partial charge in [-0.05, 0) is 56.2 Å². The Kier molecular flexibility index (Phi) is 4.42. The topological polar surface area (TPSA) is 94.2 Å². The second-order valence-corrected chi connectivity index (χ2v) is 11.3. The maximum Gasteiger partial charge on any atom is 0.214 e. The summed E-state index contributed by atoms with van der Waals surface area (Å²) in [4.78, 5) is 4.68. The van der Waals surface area contributed by atoms with Crippen LogP contribution in [0.1, 0.15) is 49.9 Å². The number of sulfonamides is 1. The summed E-state index contributed by atoms with van der Waals surface area (Å²) in [6.45, 7) is 4.26. The minimum absolute atomic E-state index is 0.0538. The molecule has 0 spiro atoms. The molecule has 1 N–H and O–H groups in total. The van der Waals surface area contributed by atoms with Crippen molar-refractivity contribution in [2.45, 2.75) is 56.7 Å². The van der Waals surface area contributed by atoms with E-state index in [1.807, 2.05) is 18.3 Å². The fourth-order valence-corrected chi connectivity index (χ4v) is 6.76. The molecule has 4 aromatic rings. The standard InChI is InChI=1S/C23H26N6O2S/c1-14-5-3-4-6-19(14)28-10-9-20-23(28)24-13-21-25-26-22(29(20)21)18-12-16(11-15(18)2)27-32(30,31)17-7-8-17/h3-6,9-10,13,15-18,27H,7-8,11-12H2,1-2H3. The minimum atomic E-state index is -3.20. The quantitative estimate of drug-likeness (QED) is 0.503. The van der Waals surface area contributed by atoms with Crippen LogP contribution in [0.4, 0.5) is 0 Å². The van der Waals surface area contributed by atoms with Crippen LogP contribution in [0.3, 0.4) is 0 Å². The molecule has 9 heteroatoms. The summed E-state index contributed by atoms with van der Waals surface area (Å²) in [6, 6.07) is 10.2. The molecule has 8 nitrogen and oxygen atoms in total. The SMILES string of the molecule is Cc1ccccc1-n1ccc2c1ncc1nnc(C3CC(NS(=O)(=O)C4CC4)CC3C)n12. The van der Waals surface area contributed by atoms with E-state index < -0.39 is 10.0 Å². The number of nitrogens with one attached hydrogen (secondary N) is 1. The predicted octanol–water partition coefficient (Wildman–Crippen LogP) is 3.34. The van der Waals surface area contributed by atoms with E-state index in [1.165, 1.54) is 5.56 Å². The number of rotatable bonds is 5. The summed E-state index contributed by atoms with van der Waals surface area (Å²) in [6.07, 6.45) is 6.89. The highest BCUT2D eigenvalue weighted by molar-refractivity contribution is 7.90. The lowest BCUT2D eigenvalue weighted by Gasteiger charge is -2.14. The molecule has 2 saturated carbocycles. The Labute approximate surface area is 186 Å². The van der Waals surface area contributed by atoms with Crippen LogP contribution in [-0.2, 0) is 10.0 Å². The molecule has 0 amide bonds. The Morgan fingerprint density at radius 1 is 1.09 bits per heavy atom. The third kappa shape index (κ3) is 3.14. The van der Waals surface area contributed by atoms with Gasteiger partial charge in [-0.3, -0.25) is 8.97 Å². The maximum atomic E-state index is 12.4. The van der Waals surface area contributed by atoms with E-state index >= 15 is 0 Å². The third-order valence-corrected chi connectivity index (χ3v) is 8.99. The molecule has 1 aromatic carbocycles. The monoisotopic (exact) mass is 450 g/mol. The molecule has 2 fully saturated rings. The second-order valence-electron chi connectivity index (χ2n) is 9.31. The molecule has 0 radical (unpaired) electrons. The fourth-order valence-electron chi connectivity index (χ4n) is 5.15. The average Bonchev–Trinajstić information content (AvgIpc) is 3.28. The smallest absolute Gasteiger partial charge is 0.214 e. The van der Waals surface area contributed by atoms with E-state index in [-0.39, 0.29) is 17.2 Å². The van der Waals surface area contributed by atoms with Crippen LogP contribution >= 0.6 is 0 Å². The molecule has 0 bridgehead atoms. The van der Waals surface area contributed by atoms with E-state index in [1.54, 1.807) is 6.20 Å². The van der Waals surface area contributed by atoms with Crippen molar-refractivity contribution in [2.75, 3.05) is 0 Å². The van der Waals surface area contributed by atoms with Gasteiger partial charge in [-0.15, -0.1) is 10.2 Å². The molecule has 0 saturated heterocycles. The maximum absolute atomic E-state index is 12.4. The van der Waals surface area contributed by atoms with E-state index in [2.05, 4.69) is 60.9 Å². The van der Waals surface area contributed by atoms with Crippen LogP contribution in [0.15, 0.2) is 42.7 Å². The highest BCUT2D eigenvalue weighted by atomic mass is 32.2. The highest BCUT2D eigenvalue weighted by Crippen LogP contribution is 2.40. The molecule has 0 aliphatic heterocycles. The van der Waals surface area contributed by atoms with Crippen molar-refractivity contribution >= 4 is 26.8 Å². The van der Waals surface area contributed by atoms with Crippen molar-refractivity contribution in [3.8, 4) is 5.69 Å². The Morgan fingerprint density at radius 3 is 2.69 bits per heavy atom. The lowest BCUT2D eigenvalue weighted by molar-refractivity contribution is 0.505. The van der Waals surface area contributed by atoms with Crippen molar-refractivity contribution in [1.29, 1.82) is 0 Å². The van der Waals surface area contributed by atoms with Gasteiger partial charge in [0.2, 0.25) is 10.0 Å². The predicted molar refractivity (Wildman–Crippen MR) is 122 cm³/mol. The molecule has 166 valence electrons. The normalized spacial score (nSPS) is 24.0. The largest absolute Gasteiger partial charge is 0.300 e. The van der Waals surface area contributed by atoms with Gasteiger partial charge in [0.05, 0.1) is 17.0 Å². The minimum Gasteiger partial charge on any atom is -0.300 e. The number of aryl methyl sites for hydroxylation is 1. The van der Waals surface area contributed by atoms with Crippen LogP contribution < -0.4 is 4.72 Å². The molecule has 32 heavy (non-hydrogen) atoms. The second kappa shape index (κ2) is 7.11. The number of aromatic nitrogens is 5. The third-order valence-electron chi connectivity index (χ3n) is 6.98. The zero-order valence-corrected chi connectivity index (χ0v) is 19.0. The fraction of sp³-hybridized carbons (Fsp3) is 0.435. The first-order valence-corrected chi connectivity index (χ1v) is 12.8. The zero-order chi connectivity index (χ0) is 22.0. The lowest BCUT2D eigenvalue weighted by Crippen LogP contribution is -2.35. The Bertz CT molecular complexity index is 1440. The molecule has 3 aromatic heterocycles. The summed E-state index contributed by atoms with van der Waals surface area (Å²) < 4.78 is 32.0. The van der Waals surface area contributed by atoms with E-state index in [9.17, 15) is 8.42 Å².